The van der Waals surface area contributed by atoms with Crippen molar-refractivity contribution in [2.45, 2.75) is 144 Å². The molecule has 0 spiro atoms. The van der Waals surface area contributed by atoms with Crippen LogP contribution in [0.2, 0.25) is 0 Å². The average Bonchev–Trinajstić information content (AvgIpc) is 3.10. The van der Waals surface area contributed by atoms with Crippen LogP contribution in [0.3, 0.4) is 0 Å². The Labute approximate surface area is 306 Å². The molecule has 3 fully saturated rings. The third kappa shape index (κ3) is 11.7. The Bertz CT molecular complexity index is 1170. The number of carbonyl (C=O) groups is 2. The van der Waals surface area contributed by atoms with Gasteiger partial charge in [-0.15, -0.1) is 0 Å². The monoisotopic (exact) mass is 722 g/mol. The van der Waals surface area contributed by atoms with Gasteiger partial charge < -0.3 is 43.0 Å². The van der Waals surface area contributed by atoms with Gasteiger partial charge in [0, 0.05) is 44.6 Å². The Hall–Kier alpha value is -2.12. The highest BCUT2D eigenvalue weighted by Gasteiger charge is 2.47. The fraction of sp³-hybridized carbons (Fsp3) is 0.800. The van der Waals surface area contributed by atoms with E-state index in [-0.39, 0.29) is 60.8 Å². The van der Waals surface area contributed by atoms with Crippen LogP contribution in [0.25, 0.3) is 0 Å². The van der Waals surface area contributed by atoms with Gasteiger partial charge in [0.25, 0.3) is 0 Å². The van der Waals surface area contributed by atoms with Crippen LogP contribution in [-0.4, -0.2) is 86.8 Å². The average molecular weight is 723 g/mol. The van der Waals surface area contributed by atoms with Crippen molar-refractivity contribution in [1.29, 1.82) is 0 Å². The Balaban J connectivity index is 0.000000293. The zero-order chi connectivity index (χ0) is 37.8. The lowest BCUT2D eigenvalue weighted by molar-refractivity contribution is -0.297. The van der Waals surface area contributed by atoms with E-state index >= 15 is 0 Å². The van der Waals surface area contributed by atoms with Crippen LogP contribution < -0.4 is 0 Å². The molecule has 1 aromatic rings. The van der Waals surface area contributed by atoms with E-state index in [4.69, 9.17) is 37.9 Å². The van der Waals surface area contributed by atoms with Crippen LogP contribution in [0.5, 0.6) is 0 Å². The van der Waals surface area contributed by atoms with Crippen molar-refractivity contribution >= 4 is 11.9 Å². The van der Waals surface area contributed by atoms with Crippen molar-refractivity contribution in [3.63, 3.8) is 0 Å². The number of esters is 2. The summed E-state index contributed by atoms with van der Waals surface area (Å²) in [5.41, 5.74) is 1.20. The fourth-order valence-electron chi connectivity index (χ4n) is 8.08. The maximum absolute atomic E-state index is 11.7. The summed E-state index contributed by atoms with van der Waals surface area (Å²) in [4.78, 5) is 23.1. The van der Waals surface area contributed by atoms with E-state index in [1.165, 1.54) is 19.4 Å². The predicted molar refractivity (Wildman–Crippen MR) is 192 cm³/mol. The zero-order valence-electron chi connectivity index (χ0n) is 32.8. The normalized spacial score (nSPS) is 38.2. The molecule has 3 heterocycles. The van der Waals surface area contributed by atoms with Crippen molar-refractivity contribution in [3.8, 4) is 0 Å². The molecule has 3 aliphatic rings. The maximum atomic E-state index is 11.7. The van der Waals surface area contributed by atoms with Gasteiger partial charge in [-0.1, -0.05) is 92.1 Å². The quantitative estimate of drug-likeness (QED) is 0.223. The molecule has 0 aliphatic carbocycles. The molecule has 11 heteroatoms. The van der Waals surface area contributed by atoms with E-state index in [2.05, 4.69) is 46.8 Å². The third-order valence-electron chi connectivity index (χ3n) is 11.4. The fourth-order valence-corrected chi connectivity index (χ4v) is 8.08. The molecule has 3 aliphatic heterocycles. The van der Waals surface area contributed by atoms with E-state index in [0.717, 1.165) is 12.8 Å². The molecule has 1 aromatic carbocycles. The Morgan fingerprint density at radius 3 is 1.84 bits per heavy atom. The molecule has 0 aromatic heterocycles. The molecule has 0 bridgehead atoms. The second kappa shape index (κ2) is 20.9. The Morgan fingerprint density at radius 2 is 1.27 bits per heavy atom. The number of methoxy groups -OCH3 is 1. The minimum absolute atomic E-state index is 0.00873. The summed E-state index contributed by atoms with van der Waals surface area (Å²) >= 11 is 0. The van der Waals surface area contributed by atoms with Gasteiger partial charge in [-0.25, -0.2) is 0 Å². The molecule has 11 nitrogen and oxygen atoms in total. The summed E-state index contributed by atoms with van der Waals surface area (Å²) in [7, 11) is 1.73. The van der Waals surface area contributed by atoms with Gasteiger partial charge in [0.15, 0.2) is 31.1 Å². The number of rotatable bonds is 13. The van der Waals surface area contributed by atoms with E-state index in [1.54, 1.807) is 7.11 Å². The number of aliphatic hydroxyl groups is 1. The van der Waals surface area contributed by atoms with Crippen molar-refractivity contribution in [1.82, 2.24) is 0 Å². The van der Waals surface area contributed by atoms with E-state index in [9.17, 15) is 14.7 Å². The maximum Gasteiger partial charge on any atom is 0.303 e. The zero-order valence-corrected chi connectivity index (χ0v) is 32.8. The summed E-state index contributed by atoms with van der Waals surface area (Å²) in [6.45, 7) is 21.1. The highest BCUT2D eigenvalue weighted by molar-refractivity contribution is 5.66. The third-order valence-corrected chi connectivity index (χ3v) is 11.4. The first-order valence-electron chi connectivity index (χ1n) is 19.0. The number of hydrogen-bond acceptors (Lipinski definition) is 11. The van der Waals surface area contributed by atoms with E-state index < -0.39 is 30.8 Å². The summed E-state index contributed by atoms with van der Waals surface area (Å²) in [6.07, 6.45) is -0.717. The number of carbonyl (C=O) groups excluding carboxylic acids is 2. The van der Waals surface area contributed by atoms with Crippen LogP contribution in [0, 0.1) is 41.4 Å². The lowest BCUT2D eigenvalue weighted by Crippen LogP contribution is -2.55. The summed E-state index contributed by atoms with van der Waals surface area (Å²) in [5.74, 6) is 0.698. The Kier molecular flexibility index (Phi) is 17.8. The highest BCUT2D eigenvalue weighted by atomic mass is 16.7. The second-order valence-corrected chi connectivity index (χ2v) is 14.7. The molecular weight excluding hydrogens is 656 g/mol. The minimum atomic E-state index is -1.17. The topological polar surface area (TPSA) is 128 Å². The molecular formula is C40H66O11. The second-order valence-electron chi connectivity index (χ2n) is 14.7. The molecule has 292 valence electrons. The van der Waals surface area contributed by atoms with Gasteiger partial charge in [0.05, 0.1) is 38.1 Å². The smallest absolute Gasteiger partial charge is 0.303 e. The molecule has 6 unspecified atom stereocenters. The van der Waals surface area contributed by atoms with E-state index in [1.807, 2.05) is 39.0 Å². The van der Waals surface area contributed by atoms with Gasteiger partial charge in [-0.2, -0.15) is 0 Å². The van der Waals surface area contributed by atoms with Gasteiger partial charge >= 0.3 is 11.9 Å². The summed E-state index contributed by atoms with van der Waals surface area (Å²) < 4.78 is 46.4. The van der Waals surface area contributed by atoms with Gasteiger partial charge in [-0.05, 0) is 36.2 Å². The standard InChI is InChI=1S/C22H38O8.C18H28O3/c1-8-17-11(3)12(4)20(28-15(7)24)22(30-17)26-10-16-13(5)19(27-14(6)23)21(25)29-18(16)9-2;1-5-16-13(2)17(21-18(19-4)14(16)3)12-20-11-15-9-7-6-8-10-15/h11-13,16-22,25H,8-10H2,1-7H3;6-10,13-14,16-18H,5,11-12H2,1-4H3/t11-,12-,13-,16-,17?,18?,19?,20?,21-,22-;13-,14?,16-,17?,18-/m00/s1. The molecule has 15 atom stereocenters. The van der Waals surface area contributed by atoms with Crippen molar-refractivity contribution in [2.75, 3.05) is 20.3 Å². The first kappa shape index (κ1) is 43.3. The largest absolute Gasteiger partial charge is 0.457 e. The lowest BCUT2D eigenvalue weighted by atomic mass is 9.76. The highest BCUT2D eigenvalue weighted by Crippen LogP contribution is 2.39. The van der Waals surface area contributed by atoms with Crippen LogP contribution in [0.15, 0.2) is 30.3 Å². The first-order chi connectivity index (χ1) is 24.3. The molecule has 0 amide bonds. The Morgan fingerprint density at radius 1 is 0.667 bits per heavy atom. The van der Waals surface area contributed by atoms with Crippen LogP contribution in [-0.2, 0) is 54.1 Å². The molecule has 51 heavy (non-hydrogen) atoms. The van der Waals surface area contributed by atoms with Crippen LogP contribution in [0.1, 0.15) is 94.1 Å². The molecule has 4 rings (SSSR count). The van der Waals surface area contributed by atoms with Crippen molar-refractivity contribution in [3.05, 3.63) is 35.9 Å². The predicted octanol–water partition coefficient (Wildman–Crippen LogP) is 6.53. The molecule has 1 N–H and O–H groups in total. The summed E-state index contributed by atoms with van der Waals surface area (Å²) in [5, 5.41) is 10.3. The van der Waals surface area contributed by atoms with E-state index in [0.29, 0.717) is 37.4 Å². The molecule has 0 radical (unpaired) electrons. The number of hydrogen-bond donors (Lipinski definition) is 1. The number of aliphatic hydroxyl groups excluding tert-OH is 1. The van der Waals surface area contributed by atoms with Crippen LogP contribution in [0.4, 0.5) is 0 Å². The lowest BCUT2D eigenvalue weighted by Gasteiger charge is -2.46. The van der Waals surface area contributed by atoms with Gasteiger partial charge in [0.2, 0.25) is 0 Å². The first-order valence-corrected chi connectivity index (χ1v) is 19.0. The number of ether oxygens (including phenoxy) is 8. The van der Waals surface area contributed by atoms with Crippen molar-refractivity contribution < 1.29 is 52.6 Å². The van der Waals surface area contributed by atoms with Gasteiger partial charge in [-0.3, -0.25) is 9.59 Å². The minimum Gasteiger partial charge on any atom is -0.457 e. The SMILES string of the molecule is CCC1O[C@H](OC[C@@H]2C(CC)O[C@H](O)C(OC(C)=O)[C@H]2C)C(OC(C)=O)[C@@H](C)[C@@H]1C.CC[C@@H]1C(C)[C@@H](OC)OC(COCc2ccccc2)[C@H]1C. The van der Waals surface area contributed by atoms with Gasteiger partial charge in [0.1, 0.15) is 0 Å². The number of benzene rings is 1. The van der Waals surface area contributed by atoms with Crippen molar-refractivity contribution in [2.24, 2.45) is 41.4 Å². The summed E-state index contributed by atoms with van der Waals surface area (Å²) in [6, 6.07) is 10.3. The molecule has 0 saturated carbocycles. The van der Waals surface area contributed by atoms with Crippen LogP contribution >= 0.6 is 0 Å². The molecule has 3 saturated heterocycles.